The first-order valence-corrected chi connectivity index (χ1v) is 4.98. The minimum absolute atomic E-state index is 0.00278. The molecule has 2 rings (SSSR count). The van der Waals surface area contributed by atoms with Crippen LogP contribution in [-0.4, -0.2) is 23.3 Å². The molecule has 3 atom stereocenters. The molecule has 2 fully saturated rings. The average Bonchev–Trinajstić information content (AvgIpc) is 2.17. The Balaban J connectivity index is 2.12. The zero-order valence-electron chi connectivity index (χ0n) is 8.03. The van der Waals surface area contributed by atoms with Crippen LogP contribution in [0.2, 0.25) is 0 Å². The van der Waals surface area contributed by atoms with Gasteiger partial charge in [-0.2, -0.15) is 0 Å². The second kappa shape index (κ2) is 3.60. The lowest BCUT2D eigenvalue weighted by Gasteiger charge is -2.37. The molecule has 3 unspecified atom stereocenters. The molecule has 3 heteroatoms. The molecule has 0 spiro atoms. The first-order valence-electron chi connectivity index (χ1n) is 4.98. The zero-order chi connectivity index (χ0) is 10.1. The number of hydrogen-bond acceptors (Lipinski definition) is 3. The number of carbonyl (C=O) groups is 1. The maximum Gasteiger partial charge on any atom is 0.342 e. The molecule has 0 bridgehead atoms. The third-order valence-corrected chi connectivity index (χ3v) is 3.07. The summed E-state index contributed by atoms with van der Waals surface area (Å²) in [4.78, 5) is 11.3. The van der Waals surface area contributed by atoms with Crippen molar-refractivity contribution >= 4 is 5.97 Å². The molecule has 0 aromatic heterocycles. The van der Waals surface area contributed by atoms with Gasteiger partial charge in [-0.1, -0.05) is 6.58 Å². The van der Waals surface area contributed by atoms with Gasteiger partial charge in [0.25, 0.3) is 0 Å². The van der Waals surface area contributed by atoms with Crippen LogP contribution in [0.25, 0.3) is 0 Å². The third kappa shape index (κ3) is 1.61. The largest absolute Gasteiger partial charge is 0.458 e. The van der Waals surface area contributed by atoms with Crippen LogP contribution in [0.1, 0.15) is 25.7 Å². The summed E-state index contributed by atoms with van der Waals surface area (Å²) in [5.41, 5.74) is 3.14. The molecule has 1 heterocycles. The second-order valence-corrected chi connectivity index (χ2v) is 4.03. The summed E-state index contributed by atoms with van der Waals surface area (Å²) >= 11 is 0. The first-order chi connectivity index (χ1) is 6.70. The number of esters is 1. The lowest BCUT2D eigenvalue weighted by Crippen LogP contribution is -2.39. The molecule has 2 aliphatic rings. The molecular formula is C11H14O3. The second-order valence-electron chi connectivity index (χ2n) is 4.03. The van der Waals surface area contributed by atoms with Crippen LogP contribution in [0.15, 0.2) is 17.9 Å². The highest BCUT2D eigenvalue weighted by molar-refractivity contribution is 5.89. The highest BCUT2D eigenvalue weighted by Gasteiger charge is 2.38. The zero-order valence-corrected chi connectivity index (χ0v) is 8.03. The van der Waals surface area contributed by atoms with Crippen LogP contribution in [0.5, 0.6) is 0 Å². The average molecular weight is 194 g/mol. The number of ether oxygens (including phenoxy) is 1. The fourth-order valence-corrected chi connectivity index (χ4v) is 2.28. The van der Waals surface area contributed by atoms with E-state index in [-0.39, 0.29) is 24.1 Å². The predicted molar refractivity (Wildman–Crippen MR) is 50.5 cm³/mol. The Bertz CT molecular complexity index is 302. The SMILES string of the molecule is C=C=C1CC2CC(O)CCC2OC1=O. The van der Waals surface area contributed by atoms with E-state index in [1.54, 1.807) is 0 Å². The van der Waals surface area contributed by atoms with Gasteiger partial charge >= 0.3 is 5.97 Å². The Hall–Kier alpha value is -1.05. The molecule has 0 aromatic rings. The molecule has 14 heavy (non-hydrogen) atoms. The summed E-state index contributed by atoms with van der Waals surface area (Å²) in [7, 11) is 0. The van der Waals surface area contributed by atoms with Crippen LogP contribution in [0.4, 0.5) is 0 Å². The van der Waals surface area contributed by atoms with Crippen LogP contribution < -0.4 is 0 Å². The van der Waals surface area contributed by atoms with Crippen LogP contribution in [0, 0.1) is 5.92 Å². The number of carbonyl (C=O) groups excluding carboxylic acids is 1. The molecule has 1 aliphatic carbocycles. The molecule has 1 aliphatic heterocycles. The molecular weight excluding hydrogens is 180 g/mol. The topological polar surface area (TPSA) is 46.5 Å². The molecule has 76 valence electrons. The van der Waals surface area contributed by atoms with Crippen molar-refractivity contribution in [3.8, 4) is 0 Å². The maximum atomic E-state index is 11.3. The Morgan fingerprint density at radius 3 is 3.00 bits per heavy atom. The summed E-state index contributed by atoms with van der Waals surface area (Å²) in [6.45, 7) is 3.47. The smallest absolute Gasteiger partial charge is 0.342 e. The molecule has 0 radical (unpaired) electrons. The summed E-state index contributed by atoms with van der Waals surface area (Å²) in [5, 5.41) is 9.49. The Morgan fingerprint density at radius 2 is 2.29 bits per heavy atom. The highest BCUT2D eigenvalue weighted by Crippen LogP contribution is 2.35. The molecule has 0 amide bonds. The van der Waals surface area contributed by atoms with E-state index in [4.69, 9.17) is 4.74 Å². The fraction of sp³-hybridized carbons (Fsp3) is 0.636. The molecule has 3 nitrogen and oxygen atoms in total. The number of aliphatic hydroxyl groups excluding tert-OH is 1. The van der Waals surface area contributed by atoms with E-state index in [0.717, 1.165) is 19.3 Å². The third-order valence-electron chi connectivity index (χ3n) is 3.07. The molecule has 0 aromatic carbocycles. The fourth-order valence-electron chi connectivity index (χ4n) is 2.28. The van der Waals surface area contributed by atoms with Crippen molar-refractivity contribution in [1.29, 1.82) is 0 Å². The van der Waals surface area contributed by atoms with Gasteiger partial charge in [-0.05, 0) is 25.7 Å². The Morgan fingerprint density at radius 1 is 1.50 bits per heavy atom. The van der Waals surface area contributed by atoms with Gasteiger partial charge in [0.1, 0.15) is 6.10 Å². The van der Waals surface area contributed by atoms with E-state index < -0.39 is 0 Å². The van der Waals surface area contributed by atoms with Gasteiger partial charge in [-0.15, -0.1) is 5.73 Å². The van der Waals surface area contributed by atoms with E-state index in [9.17, 15) is 9.90 Å². The van der Waals surface area contributed by atoms with E-state index in [1.165, 1.54) is 0 Å². The number of aliphatic hydroxyl groups is 1. The van der Waals surface area contributed by atoms with Gasteiger partial charge in [-0.25, -0.2) is 4.79 Å². The number of fused-ring (bicyclic) bond motifs is 1. The predicted octanol–water partition coefficient (Wildman–Crippen LogP) is 1.17. The summed E-state index contributed by atoms with van der Waals surface area (Å²) < 4.78 is 5.25. The summed E-state index contributed by atoms with van der Waals surface area (Å²) in [6.07, 6.45) is 2.67. The quantitative estimate of drug-likeness (QED) is 0.358. The van der Waals surface area contributed by atoms with Crippen molar-refractivity contribution in [2.75, 3.05) is 0 Å². The van der Waals surface area contributed by atoms with Crippen LogP contribution in [0.3, 0.4) is 0 Å². The summed E-state index contributed by atoms with van der Waals surface area (Å²) in [5.74, 6) is -0.0154. The van der Waals surface area contributed by atoms with E-state index in [0.29, 0.717) is 12.0 Å². The Labute approximate surface area is 83.1 Å². The van der Waals surface area contributed by atoms with E-state index in [1.807, 2.05) is 0 Å². The van der Waals surface area contributed by atoms with Gasteiger partial charge in [0.05, 0.1) is 11.7 Å². The molecule has 1 N–H and O–H groups in total. The minimum atomic E-state index is -0.280. The van der Waals surface area contributed by atoms with Gasteiger partial charge in [0.15, 0.2) is 0 Å². The number of rotatable bonds is 0. The van der Waals surface area contributed by atoms with Crippen molar-refractivity contribution in [2.45, 2.75) is 37.9 Å². The van der Waals surface area contributed by atoms with Gasteiger partial charge < -0.3 is 9.84 Å². The Kier molecular flexibility index (Phi) is 2.44. The summed E-state index contributed by atoms with van der Waals surface area (Å²) in [6, 6.07) is 0. The van der Waals surface area contributed by atoms with Gasteiger partial charge in [0.2, 0.25) is 0 Å². The van der Waals surface area contributed by atoms with Gasteiger partial charge in [-0.3, -0.25) is 0 Å². The number of hydrogen-bond donors (Lipinski definition) is 1. The van der Waals surface area contributed by atoms with E-state index >= 15 is 0 Å². The van der Waals surface area contributed by atoms with Gasteiger partial charge in [0, 0.05) is 5.92 Å². The van der Waals surface area contributed by atoms with Crippen molar-refractivity contribution in [1.82, 2.24) is 0 Å². The lowest BCUT2D eigenvalue weighted by molar-refractivity contribution is -0.155. The van der Waals surface area contributed by atoms with Crippen molar-refractivity contribution < 1.29 is 14.6 Å². The first kappa shape index (κ1) is 9.50. The highest BCUT2D eigenvalue weighted by atomic mass is 16.5. The van der Waals surface area contributed by atoms with Crippen LogP contribution >= 0.6 is 0 Å². The van der Waals surface area contributed by atoms with Crippen LogP contribution in [-0.2, 0) is 9.53 Å². The van der Waals surface area contributed by atoms with Crippen molar-refractivity contribution in [3.63, 3.8) is 0 Å². The molecule has 1 saturated carbocycles. The van der Waals surface area contributed by atoms with Crippen molar-refractivity contribution in [2.24, 2.45) is 5.92 Å². The van der Waals surface area contributed by atoms with Crippen molar-refractivity contribution in [3.05, 3.63) is 17.9 Å². The monoisotopic (exact) mass is 194 g/mol. The normalized spacial score (nSPS) is 37.1. The standard InChI is InChI=1S/C11H14O3/c1-2-7-5-8-6-9(12)3-4-10(8)14-11(7)13/h8-10,12H,1,3-6H2. The minimum Gasteiger partial charge on any atom is -0.458 e. The lowest BCUT2D eigenvalue weighted by atomic mass is 9.79. The van der Waals surface area contributed by atoms with E-state index in [2.05, 4.69) is 12.3 Å². The maximum absolute atomic E-state index is 11.3. The molecule has 1 saturated heterocycles.